The van der Waals surface area contributed by atoms with Crippen LogP contribution in [0.1, 0.15) is 38.8 Å². The number of aliphatic carboxylic acids is 1. The van der Waals surface area contributed by atoms with Crippen LogP contribution in [-0.4, -0.2) is 63.8 Å². The number of halogens is 1. The molecular weight excluding hydrogens is 406 g/mol. The van der Waals surface area contributed by atoms with Crippen LogP contribution in [0.3, 0.4) is 0 Å². The van der Waals surface area contributed by atoms with E-state index in [1.165, 1.54) is 6.33 Å². The molecule has 0 radical (unpaired) electrons. The lowest BCUT2D eigenvalue weighted by atomic mass is 10.1. The van der Waals surface area contributed by atoms with E-state index in [2.05, 4.69) is 25.9 Å². The highest BCUT2D eigenvalue weighted by molar-refractivity contribution is 9.10. The number of hydrogen-bond donors (Lipinski definition) is 2. The Kier molecular flexibility index (Phi) is 6.40. The molecular formula is C16H24BrN5O4. The minimum atomic E-state index is -0.992. The van der Waals surface area contributed by atoms with Crippen LogP contribution in [-0.2, 0) is 9.53 Å². The lowest BCUT2D eigenvalue weighted by Gasteiger charge is -2.37. The number of ether oxygens (including phenoxy) is 1. The molecule has 1 aromatic heterocycles. The highest BCUT2D eigenvalue weighted by Crippen LogP contribution is 2.31. The predicted octanol–water partition coefficient (Wildman–Crippen LogP) is 1.77. The van der Waals surface area contributed by atoms with E-state index in [1.807, 2.05) is 25.7 Å². The molecule has 0 unspecified atom stereocenters. The number of rotatable bonds is 4. The quantitative estimate of drug-likeness (QED) is 0.694. The summed E-state index contributed by atoms with van der Waals surface area (Å²) in [5.41, 5.74) is 6.06. The Hall–Kier alpha value is -1.94. The van der Waals surface area contributed by atoms with E-state index in [9.17, 15) is 9.59 Å². The van der Waals surface area contributed by atoms with E-state index >= 15 is 0 Å². The maximum atomic E-state index is 12.2. The van der Waals surface area contributed by atoms with Crippen molar-refractivity contribution in [1.29, 1.82) is 0 Å². The summed E-state index contributed by atoms with van der Waals surface area (Å²) in [6.45, 7) is 7.51. The Morgan fingerprint density at radius 1 is 1.31 bits per heavy atom. The van der Waals surface area contributed by atoms with Crippen molar-refractivity contribution in [2.24, 2.45) is 5.73 Å². The van der Waals surface area contributed by atoms with Crippen molar-refractivity contribution >= 4 is 33.8 Å². The van der Waals surface area contributed by atoms with Crippen LogP contribution < -0.4 is 10.6 Å². The number of carbonyl (C=O) groups excluding carboxylic acids is 1. The number of nitrogens with two attached hydrogens (primary N) is 1. The Balaban J connectivity index is 2.11. The highest BCUT2D eigenvalue weighted by Gasteiger charge is 2.29. The van der Waals surface area contributed by atoms with Crippen LogP contribution in [0.15, 0.2) is 10.9 Å². The summed E-state index contributed by atoms with van der Waals surface area (Å²) in [6.07, 6.45) is 0.830. The molecule has 1 aliphatic rings. The Morgan fingerprint density at radius 3 is 2.46 bits per heavy atom. The van der Waals surface area contributed by atoms with Gasteiger partial charge in [0.25, 0.3) is 0 Å². The second-order valence-corrected chi connectivity index (χ2v) is 7.81. The molecule has 10 heteroatoms. The minimum Gasteiger partial charge on any atom is -0.481 e. The molecule has 2 rings (SSSR count). The lowest BCUT2D eigenvalue weighted by molar-refractivity contribution is -0.137. The van der Waals surface area contributed by atoms with Crippen molar-refractivity contribution in [2.75, 3.05) is 31.1 Å². The lowest BCUT2D eigenvalue weighted by Crippen LogP contribution is -2.50. The summed E-state index contributed by atoms with van der Waals surface area (Å²) in [7, 11) is 0. The number of nitrogens with zero attached hydrogens (tertiary/aromatic N) is 4. The van der Waals surface area contributed by atoms with Crippen molar-refractivity contribution in [3.8, 4) is 0 Å². The minimum absolute atomic E-state index is 0.225. The number of amides is 1. The van der Waals surface area contributed by atoms with Gasteiger partial charge in [0.15, 0.2) is 0 Å². The van der Waals surface area contributed by atoms with Gasteiger partial charge in [0.1, 0.15) is 22.3 Å². The maximum Gasteiger partial charge on any atom is 0.410 e. The van der Waals surface area contributed by atoms with Crippen LogP contribution >= 0.6 is 15.9 Å². The fourth-order valence-electron chi connectivity index (χ4n) is 2.65. The molecule has 26 heavy (non-hydrogen) atoms. The Labute approximate surface area is 160 Å². The van der Waals surface area contributed by atoms with Gasteiger partial charge < -0.3 is 25.4 Å². The first-order chi connectivity index (χ1) is 12.1. The molecule has 1 fully saturated rings. The Morgan fingerprint density at radius 2 is 1.92 bits per heavy atom. The third-order valence-electron chi connectivity index (χ3n) is 3.81. The third kappa shape index (κ3) is 5.28. The van der Waals surface area contributed by atoms with Crippen LogP contribution in [0.4, 0.5) is 10.6 Å². The molecule has 144 valence electrons. The van der Waals surface area contributed by atoms with E-state index in [0.717, 1.165) is 0 Å². The number of anilines is 1. The second kappa shape index (κ2) is 8.17. The zero-order chi connectivity index (χ0) is 19.5. The number of hydrogen-bond acceptors (Lipinski definition) is 7. The smallest absolute Gasteiger partial charge is 0.410 e. The van der Waals surface area contributed by atoms with Crippen molar-refractivity contribution in [2.45, 2.75) is 38.8 Å². The van der Waals surface area contributed by atoms with Crippen LogP contribution in [0.5, 0.6) is 0 Å². The van der Waals surface area contributed by atoms with Crippen molar-refractivity contribution < 1.29 is 19.4 Å². The molecule has 1 atom stereocenters. The average Bonchev–Trinajstić information content (AvgIpc) is 2.52. The first-order valence-electron chi connectivity index (χ1n) is 8.29. The topological polar surface area (TPSA) is 122 Å². The van der Waals surface area contributed by atoms with Crippen molar-refractivity contribution in [3.63, 3.8) is 0 Å². The van der Waals surface area contributed by atoms with Gasteiger partial charge in [-0.05, 0) is 36.7 Å². The van der Waals surface area contributed by atoms with Crippen LogP contribution in [0.2, 0.25) is 0 Å². The van der Waals surface area contributed by atoms with E-state index in [4.69, 9.17) is 15.6 Å². The zero-order valence-electron chi connectivity index (χ0n) is 15.1. The SMILES string of the molecule is CC(C)(C)OC(=O)N1CCN(c2ncnc(Br)c2[C@H](N)CC(=O)O)CC1. The fourth-order valence-corrected chi connectivity index (χ4v) is 3.22. The van der Waals surface area contributed by atoms with E-state index in [-0.39, 0.29) is 12.5 Å². The van der Waals surface area contributed by atoms with Gasteiger partial charge in [0.2, 0.25) is 0 Å². The standard InChI is InChI=1S/C16H24BrN5O4/c1-16(2,3)26-15(25)22-6-4-21(5-7-22)14-12(10(18)8-11(23)24)13(17)19-9-20-14/h9-10H,4-8,18H2,1-3H3,(H,23,24)/t10-/m1/s1. The molecule has 1 saturated heterocycles. The first kappa shape index (κ1) is 20.4. The third-order valence-corrected chi connectivity index (χ3v) is 4.44. The highest BCUT2D eigenvalue weighted by atomic mass is 79.9. The van der Waals surface area contributed by atoms with Gasteiger partial charge in [-0.15, -0.1) is 0 Å². The number of aromatic nitrogens is 2. The normalized spacial score (nSPS) is 16.3. The van der Waals surface area contributed by atoms with Crippen molar-refractivity contribution in [3.05, 3.63) is 16.5 Å². The number of carbonyl (C=O) groups is 2. The maximum absolute atomic E-state index is 12.2. The average molecular weight is 430 g/mol. The molecule has 2 heterocycles. The molecule has 9 nitrogen and oxygen atoms in total. The van der Waals surface area contributed by atoms with E-state index < -0.39 is 17.6 Å². The number of piperazine rings is 1. The summed E-state index contributed by atoms with van der Waals surface area (Å²) in [5.74, 6) is -0.404. The van der Waals surface area contributed by atoms with Crippen molar-refractivity contribution in [1.82, 2.24) is 14.9 Å². The number of carboxylic acids is 1. The molecule has 0 aromatic carbocycles. The van der Waals surface area contributed by atoms with Gasteiger partial charge in [-0.2, -0.15) is 0 Å². The fraction of sp³-hybridized carbons (Fsp3) is 0.625. The molecule has 1 aromatic rings. The van der Waals surface area contributed by atoms with Gasteiger partial charge in [0, 0.05) is 37.8 Å². The summed E-state index contributed by atoms with van der Waals surface area (Å²) < 4.78 is 5.87. The molecule has 0 spiro atoms. The van der Waals surface area contributed by atoms with Gasteiger partial charge >= 0.3 is 12.1 Å². The van der Waals surface area contributed by atoms with E-state index in [1.54, 1.807) is 4.90 Å². The molecule has 0 bridgehead atoms. The van der Waals surface area contributed by atoms with Crippen LogP contribution in [0, 0.1) is 0 Å². The monoisotopic (exact) mass is 429 g/mol. The van der Waals surface area contributed by atoms with Gasteiger partial charge in [0.05, 0.1) is 6.42 Å². The number of carboxylic acid groups (broad SMARTS) is 1. The van der Waals surface area contributed by atoms with Gasteiger partial charge in [-0.1, -0.05) is 0 Å². The summed E-state index contributed by atoms with van der Waals surface area (Å²) in [6, 6.07) is -0.734. The van der Waals surface area contributed by atoms with Gasteiger partial charge in [-0.3, -0.25) is 4.79 Å². The molecule has 0 aliphatic carbocycles. The largest absolute Gasteiger partial charge is 0.481 e. The van der Waals surface area contributed by atoms with Gasteiger partial charge in [-0.25, -0.2) is 14.8 Å². The second-order valence-electron chi connectivity index (χ2n) is 7.06. The first-order valence-corrected chi connectivity index (χ1v) is 9.08. The molecule has 3 N–H and O–H groups in total. The molecule has 1 amide bonds. The molecule has 1 aliphatic heterocycles. The zero-order valence-corrected chi connectivity index (χ0v) is 16.7. The summed E-state index contributed by atoms with van der Waals surface area (Å²) in [5, 5.41) is 9.02. The van der Waals surface area contributed by atoms with E-state index in [0.29, 0.717) is 42.2 Å². The summed E-state index contributed by atoms with van der Waals surface area (Å²) in [4.78, 5) is 35.2. The predicted molar refractivity (Wildman–Crippen MR) is 98.9 cm³/mol. The van der Waals surface area contributed by atoms with Crippen LogP contribution in [0.25, 0.3) is 0 Å². The summed E-state index contributed by atoms with van der Waals surface area (Å²) >= 11 is 3.34. The molecule has 0 saturated carbocycles. The Bertz CT molecular complexity index is 671.